The smallest absolute Gasteiger partial charge is 0.304 e. The van der Waals surface area contributed by atoms with Crippen molar-refractivity contribution in [2.24, 2.45) is 0 Å². The zero-order valence-corrected chi connectivity index (χ0v) is 9.32. The highest BCUT2D eigenvalue weighted by Crippen LogP contribution is 2.19. The fourth-order valence-corrected chi connectivity index (χ4v) is 2.78. The Kier molecular flexibility index (Phi) is 5.38. The van der Waals surface area contributed by atoms with Crippen molar-refractivity contribution < 1.29 is 20.1 Å². The first-order chi connectivity index (χ1) is 7.13. The van der Waals surface area contributed by atoms with Crippen LogP contribution in [0.3, 0.4) is 0 Å². The minimum absolute atomic E-state index is 0.0255. The number of hydrogen-bond donors (Lipinski definition) is 3. The van der Waals surface area contributed by atoms with E-state index in [1.165, 1.54) is 0 Å². The van der Waals surface area contributed by atoms with E-state index in [1.807, 2.05) is 4.90 Å². The minimum Gasteiger partial charge on any atom is -0.481 e. The number of aliphatic hydroxyl groups excluding tert-OH is 2. The maximum Gasteiger partial charge on any atom is 0.304 e. The van der Waals surface area contributed by atoms with Gasteiger partial charge in [0.1, 0.15) is 0 Å². The summed E-state index contributed by atoms with van der Waals surface area (Å²) in [5.74, 6) is 0.921. The Bertz CT molecular complexity index is 214. The van der Waals surface area contributed by atoms with E-state index in [0.717, 1.165) is 18.1 Å². The van der Waals surface area contributed by atoms with Crippen LogP contribution in [-0.2, 0) is 4.79 Å². The van der Waals surface area contributed by atoms with Gasteiger partial charge in [0.2, 0.25) is 0 Å². The van der Waals surface area contributed by atoms with E-state index in [1.54, 1.807) is 11.8 Å². The number of carboxylic acid groups (broad SMARTS) is 1. The molecule has 2 atom stereocenters. The first-order valence-corrected chi connectivity index (χ1v) is 6.11. The molecule has 0 saturated carbocycles. The van der Waals surface area contributed by atoms with Crippen molar-refractivity contribution in [3.8, 4) is 0 Å². The molecule has 1 fully saturated rings. The summed E-state index contributed by atoms with van der Waals surface area (Å²) in [6.45, 7) is 0.859. The number of aliphatic hydroxyl groups is 2. The molecule has 5 nitrogen and oxygen atoms in total. The molecule has 1 aliphatic heterocycles. The Morgan fingerprint density at radius 2 is 2.33 bits per heavy atom. The summed E-state index contributed by atoms with van der Waals surface area (Å²) in [5.41, 5.74) is 0. The van der Waals surface area contributed by atoms with Crippen molar-refractivity contribution >= 4 is 17.7 Å². The highest BCUT2D eigenvalue weighted by atomic mass is 32.2. The van der Waals surface area contributed by atoms with E-state index in [2.05, 4.69) is 0 Å². The van der Waals surface area contributed by atoms with Gasteiger partial charge >= 0.3 is 5.97 Å². The van der Waals surface area contributed by atoms with Gasteiger partial charge in [0.25, 0.3) is 0 Å². The number of carboxylic acids is 1. The highest BCUT2D eigenvalue weighted by molar-refractivity contribution is 7.99. The fraction of sp³-hybridized carbons (Fsp3) is 0.889. The summed E-state index contributed by atoms with van der Waals surface area (Å²) in [4.78, 5) is 12.6. The second kappa shape index (κ2) is 6.32. The van der Waals surface area contributed by atoms with Crippen LogP contribution in [0.25, 0.3) is 0 Å². The molecule has 0 aromatic carbocycles. The van der Waals surface area contributed by atoms with Crippen LogP contribution in [0, 0.1) is 0 Å². The fourth-order valence-electron chi connectivity index (χ4n) is 1.65. The number of β-amino-alcohol motifs (C(OH)–C–C–N with tert-alkyl or cyclic N) is 1. The molecule has 1 aliphatic rings. The second-order valence-corrected chi connectivity index (χ2v) is 4.81. The normalized spacial score (nSPS) is 25.1. The third kappa shape index (κ3) is 4.38. The Morgan fingerprint density at radius 3 is 2.93 bits per heavy atom. The van der Waals surface area contributed by atoms with Crippen LogP contribution in [0.5, 0.6) is 0 Å². The molecule has 2 unspecified atom stereocenters. The molecule has 3 N–H and O–H groups in total. The highest BCUT2D eigenvalue weighted by Gasteiger charge is 2.26. The van der Waals surface area contributed by atoms with Gasteiger partial charge in [-0.1, -0.05) is 0 Å². The molecular weight excluding hydrogens is 218 g/mol. The average molecular weight is 235 g/mol. The lowest BCUT2D eigenvalue weighted by molar-refractivity contribution is -0.138. The van der Waals surface area contributed by atoms with Gasteiger partial charge < -0.3 is 15.3 Å². The van der Waals surface area contributed by atoms with Gasteiger partial charge in [0.05, 0.1) is 19.1 Å². The van der Waals surface area contributed by atoms with Gasteiger partial charge in [-0.2, -0.15) is 11.8 Å². The summed E-state index contributed by atoms with van der Waals surface area (Å²) in [6.07, 6.45) is -0.671. The van der Waals surface area contributed by atoms with Crippen LogP contribution >= 0.6 is 11.8 Å². The van der Waals surface area contributed by atoms with Gasteiger partial charge in [-0.3, -0.25) is 9.69 Å². The molecule has 1 rings (SSSR count). The Morgan fingerprint density at radius 1 is 1.60 bits per heavy atom. The predicted octanol–water partition coefficient (Wildman–Crippen LogP) is -0.768. The van der Waals surface area contributed by atoms with E-state index in [-0.39, 0.29) is 19.1 Å². The van der Waals surface area contributed by atoms with Crippen LogP contribution in [-0.4, -0.2) is 69.5 Å². The molecule has 0 aliphatic carbocycles. The molecule has 0 bridgehead atoms. The quantitative estimate of drug-likeness (QED) is 0.581. The average Bonchev–Trinajstić information content (AvgIpc) is 2.20. The van der Waals surface area contributed by atoms with E-state index in [0.29, 0.717) is 6.54 Å². The third-order valence-electron chi connectivity index (χ3n) is 2.42. The third-order valence-corrected chi connectivity index (χ3v) is 3.51. The molecule has 0 aromatic heterocycles. The van der Waals surface area contributed by atoms with Crippen LogP contribution in [0.2, 0.25) is 0 Å². The molecule has 0 amide bonds. The van der Waals surface area contributed by atoms with Gasteiger partial charge in [-0.05, 0) is 0 Å². The van der Waals surface area contributed by atoms with Crippen molar-refractivity contribution in [1.82, 2.24) is 4.90 Å². The maximum absolute atomic E-state index is 10.6. The maximum atomic E-state index is 10.6. The van der Waals surface area contributed by atoms with Gasteiger partial charge in [0, 0.05) is 30.6 Å². The monoisotopic (exact) mass is 235 g/mol. The SMILES string of the molecule is O=C(O)CC1CSCCN1CC(O)CO. The first kappa shape index (κ1) is 12.8. The van der Waals surface area contributed by atoms with Gasteiger partial charge in [-0.25, -0.2) is 0 Å². The molecule has 1 saturated heterocycles. The van der Waals surface area contributed by atoms with Crippen molar-refractivity contribution in [1.29, 1.82) is 0 Å². The van der Waals surface area contributed by atoms with Crippen LogP contribution in [0.1, 0.15) is 6.42 Å². The standard InChI is InChI=1S/C9H17NO4S/c11-5-8(12)4-10-1-2-15-6-7(10)3-9(13)14/h7-8,11-12H,1-6H2,(H,13,14). The summed E-state index contributed by atoms with van der Waals surface area (Å²) < 4.78 is 0. The Hall–Kier alpha value is -0.300. The largest absolute Gasteiger partial charge is 0.481 e. The zero-order chi connectivity index (χ0) is 11.3. The summed E-state index contributed by atoms with van der Waals surface area (Å²) in [6, 6.07) is -0.0255. The summed E-state index contributed by atoms with van der Waals surface area (Å²) in [5, 5.41) is 26.8. The van der Waals surface area contributed by atoms with E-state index < -0.39 is 12.1 Å². The lowest BCUT2D eigenvalue weighted by Gasteiger charge is -2.35. The number of aliphatic carboxylic acids is 1. The Labute approximate surface area is 93.1 Å². The number of rotatable bonds is 5. The molecule has 15 heavy (non-hydrogen) atoms. The lowest BCUT2D eigenvalue weighted by atomic mass is 10.2. The van der Waals surface area contributed by atoms with Crippen molar-refractivity contribution in [2.75, 3.05) is 31.2 Å². The molecule has 0 aromatic rings. The first-order valence-electron chi connectivity index (χ1n) is 4.96. The number of nitrogens with zero attached hydrogens (tertiary/aromatic N) is 1. The van der Waals surface area contributed by atoms with Gasteiger partial charge in [0.15, 0.2) is 0 Å². The molecule has 1 heterocycles. The molecule has 88 valence electrons. The number of hydrogen-bond acceptors (Lipinski definition) is 5. The molecule has 0 radical (unpaired) electrons. The van der Waals surface area contributed by atoms with Crippen molar-refractivity contribution in [2.45, 2.75) is 18.6 Å². The van der Waals surface area contributed by atoms with E-state index in [4.69, 9.17) is 10.2 Å². The van der Waals surface area contributed by atoms with E-state index >= 15 is 0 Å². The van der Waals surface area contributed by atoms with Crippen LogP contribution in [0.4, 0.5) is 0 Å². The molecule has 0 spiro atoms. The van der Waals surface area contributed by atoms with Gasteiger partial charge in [-0.15, -0.1) is 0 Å². The lowest BCUT2D eigenvalue weighted by Crippen LogP contribution is -2.47. The molecular formula is C9H17NO4S. The number of thioether (sulfide) groups is 1. The minimum atomic E-state index is -0.814. The van der Waals surface area contributed by atoms with Crippen molar-refractivity contribution in [3.05, 3.63) is 0 Å². The van der Waals surface area contributed by atoms with Crippen LogP contribution < -0.4 is 0 Å². The summed E-state index contributed by atoms with van der Waals surface area (Å²) in [7, 11) is 0. The molecule has 6 heteroatoms. The van der Waals surface area contributed by atoms with Crippen LogP contribution in [0.15, 0.2) is 0 Å². The van der Waals surface area contributed by atoms with Crippen molar-refractivity contribution in [3.63, 3.8) is 0 Å². The topological polar surface area (TPSA) is 81.0 Å². The number of carbonyl (C=O) groups is 1. The summed E-state index contributed by atoms with van der Waals surface area (Å²) >= 11 is 1.73. The van der Waals surface area contributed by atoms with E-state index in [9.17, 15) is 9.90 Å². The predicted molar refractivity (Wildman–Crippen MR) is 58.0 cm³/mol. The zero-order valence-electron chi connectivity index (χ0n) is 8.50. The Balaban J connectivity index is 2.45. The second-order valence-electron chi connectivity index (χ2n) is 3.66.